The average molecular weight is 327 g/mol. The summed E-state index contributed by atoms with van der Waals surface area (Å²) < 4.78 is 0. The van der Waals surface area contributed by atoms with E-state index < -0.39 is 0 Å². The quantitative estimate of drug-likeness (QED) is 0.833. The Bertz CT molecular complexity index is 627. The van der Waals surface area contributed by atoms with Crippen molar-refractivity contribution in [3.8, 4) is 0 Å². The maximum absolute atomic E-state index is 5.47. The Morgan fingerprint density at radius 3 is 1.91 bits per heavy atom. The van der Waals surface area contributed by atoms with E-state index in [-0.39, 0.29) is 5.41 Å². The van der Waals surface area contributed by atoms with Crippen LogP contribution in [0.3, 0.4) is 0 Å². The molecule has 2 aromatic carbocycles. The van der Waals surface area contributed by atoms with Crippen LogP contribution in [0.2, 0.25) is 0 Å². The monoisotopic (exact) mass is 326 g/mol. The van der Waals surface area contributed by atoms with Gasteiger partial charge in [0.25, 0.3) is 0 Å². The molecule has 0 saturated heterocycles. The van der Waals surface area contributed by atoms with Crippen molar-refractivity contribution in [1.82, 2.24) is 10.2 Å². The Labute approximate surface area is 145 Å². The second-order valence-corrected chi connectivity index (χ2v) is 7.23. The van der Waals surface area contributed by atoms with Gasteiger partial charge in [0.2, 0.25) is 0 Å². The van der Waals surface area contributed by atoms with Gasteiger partial charge in [-0.1, -0.05) is 75.4 Å². The van der Waals surface area contributed by atoms with E-state index in [4.69, 9.17) is 12.2 Å². The van der Waals surface area contributed by atoms with E-state index in [2.05, 4.69) is 79.5 Å². The summed E-state index contributed by atoms with van der Waals surface area (Å²) in [6.45, 7) is 8.32. The molecule has 122 valence electrons. The molecule has 2 nitrogen and oxygen atoms in total. The maximum atomic E-state index is 5.47. The number of benzene rings is 2. The highest BCUT2D eigenvalue weighted by atomic mass is 32.1. The normalized spacial score (nSPS) is 11.1. The number of thiocarbonyl (C=S) groups is 1. The van der Waals surface area contributed by atoms with Crippen molar-refractivity contribution in [1.29, 1.82) is 0 Å². The number of nitrogens with one attached hydrogen (secondary N) is 1. The van der Waals surface area contributed by atoms with E-state index in [0.29, 0.717) is 0 Å². The number of nitrogens with zero attached hydrogens (tertiary/aromatic N) is 1. The summed E-state index contributed by atoms with van der Waals surface area (Å²) in [4.78, 5) is 2.19. The predicted molar refractivity (Wildman–Crippen MR) is 102 cm³/mol. The Hall–Kier alpha value is -1.87. The minimum atomic E-state index is 0.183. The molecular formula is C20H26N2S. The van der Waals surface area contributed by atoms with Crippen LogP contribution < -0.4 is 5.32 Å². The highest BCUT2D eigenvalue weighted by Gasteiger charge is 2.14. The minimum Gasteiger partial charge on any atom is -0.366 e. The molecule has 2 rings (SSSR count). The molecule has 0 heterocycles. The zero-order valence-electron chi connectivity index (χ0n) is 14.5. The molecule has 3 heteroatoms. The molecule has 0 spiro atoms. The molecular weight excluding hydrogens is 300 g/mol. The van der Waals surface area contributed by atoms with Crippen molar-refractivity contribution in [2.24, 2.45) is 0 Å². The van der Waals surface area contributed by atoms with Crippen LogP contribution in [-0.4, -0.2) is 17.1 Å². The smallest absolute Gasteiger partial charge is 0.169 e. The van der Waals surface area contributed by atoms with Crippen molar-refractivity contribution in [3.05, 3.63) is 71.3 Å². The Balaban J connectivity index is 2.13. The molecule has 0 amide bonds. The first-order valence-electron chi connectivity index (χ1n) is 8.00. The van der Waals surface area contributed by atoms with E-state index in [1.165, 1.54) is 16.7 Å². The molecule has 0 radical (unpaired) electrons. The van der Waals surface area contributed by atoms with Gasteiger partial charge in [-0.15, -0.1) is 0 Å². The average Bonchev–Trinajstić information content (AvgIpc) is 2.54. The summed E-state index contributed by atoms with van der Waals surface area (Å²) in [5.41, 5.74) is 4.07. The molecule has 0 aliphatic carbocycles. The summed E-state index contributed by atoms with van der Waals surface area (Å²) in [7, 11) is 1.88. The summed E-state index contributed by atoms with van der Waals surface area (Å²) in [6.07, 6.45) is 0. The molecule has 0 aliphatic heterocycles. The van der Waals surface area contributed by atoms with Crippen molar-refractivity contribution >= 4 is 17.3 Å². The van der Waals surface area contributed by atoms with Crippen LogP contribution in [0.15, 0.2) is 54.6 Å². The molecule has 0 aromatic heterocycles. The molecule has 0 bridgehead atoms. The van der Waals surface area contributed by atoms with Crippen LogP contribution in [0.25, 0.3) is 0 Å². The van der Waals surface area contributed by atoms with Gasteiger partial charge in [0.15, 0.2) is 5.11 Å². The number of hydrogen-bond donors (Lipinski definition) is 1. The van der Waals surface area contributed by atoms with E-state index in [0.717, 1.165) is 18.2 Å². The fourth-order valence-electron chi connectivity index (χ4n) is 2.49. The van der Waals surface area contributed by atoms with Gasteiger partial charge in [0, 0.05) is 20.1 Å². The SMILES string of the molecule is CNC(=S)N(Cc1ccccc1)Cc1ccc(C(C)(C)C)cc1. The van der Waals surface area contributed by atoms with E-state index in [9.17, 15) is 0 Å². The van der Waals surface area contributed by atoms with Crippen molar-refractivity contribution in [2.75, 3.05) is 7.05 Å². The van der Waals surface area contributed by atoms with Gasteiger partial charge < -0.3 is 10.2 Å². The first-order valence-corrected chi connectivity index (χ1v) is 8.41. The standard InChI is InChI=1S/C20H26N2S/c1-20(2,3)18-12-10-17(11-13-18)15-22(19(23)21-4)14-16-8-6-5-7-9-16/h5-13H,14-15H2,1-4H3,(H,21,23). The maximum Gasteiger partial charge on any atom is 0.169 e. The van der Waals surface area contributed by atoms with E-state index >= 15 is 0 Å². The number of hydrogen-bond acceptors (Lipinski definition) is 1. The second kappa shape index (κ2) is 7.60. The van der Waals surface area contributed by atoms with Gasteiger partial charge in [-0.25, -0.2) is 0 Å². The van der Waals surface area contributed by atoms with Crippen LogP contribution in [0, 0.1) is 0 Å². The molecule has 0 saturated carbocycles. The zero-order valence-corrected chi connectivity index (χ0v) is 15.3. The lowest BCUT2D eigenvalue weighted by Crippen LogP contribution is -2.36. The van der Waals surface area contributed by atoms with Gasteiger partial charge in [0.05, 0.1) is 0 Å². The van der Waals surface area contributed by atoms with Crippen molar-refractivity contribution < 1.29 is 0 Å². The van der Waals surface area contributed by atoms with Gasteiger partial charge in [0.1, 0.15) is 0 Å². The van der Waals surface area contributed by atoms with Gasteiger partial charge in [-0.05, 0) is 34.3 Å². The molecule has 0 unspecified atom stereocenters. The molecule has 23 heavy (non-hydrogen) atoms. The highest BCUT2D eigenvalue weighted by Crippen LogP contribution is 2.22. The predicted octanol–water partition coefficient (Wildman–Crippen LogP) is 4.49. The fraction of sp³-hybridized carbons (Fsp3) is 0.350. The molecule has 0 fully saturated rings. The third-order valence-electron chi connectivity index (χ3n) is 3.91. The zero-order chi connectivity index (χ0) is 16.9. The molecule has 1 N–H and O–H groups in total. The lowest BCUT2D eigenvalue weighted by Gasteiger charge is -2.26. The highest BCUT2D eigenvalue weighted by molar-refractivity contribution is 7.80. The van der Waals surface area contributed by atoms with Crippen LogP contribution >= 0.6 is 12.2 Å². The number of rotatable bonds is 4. The largest absolute Gasteiger partial charge is 0.366 e. The molecule has 0 aliphatic rings. The Morgan fingerprint density at radius 2 is 1.43 bits per heavy atom. The fourth-order valence-corrected chi connectivity index (χ4v) is 2.62. The third-order valence-corrected chi connectivity index (χ3v) is 4.37. The Kier molecular flexibility index (Phi) is 5.78. The van der Waals surface area contributed by atoms with Crippen LogP contribution in [0.1, 0.15) is 37.5 Å². The van der Waals surface area contributed by atoms with Crippen molar-refractivity contribution in [3.63, 3.8) is 0 Å². The Morgan fingerprint density at radius 1 is 0.913 bits per heavy atom. The second-order valence-electron chi connectivity index (χ2n) is 6.84. The van der Waals surface area contributed by atoms with Crippen LogP contribution in [0.5, 0.6) is 0 Å². The van der Waals surface area contributed by atoms with Gasteiger partial charge in [-0.2, -0.15) is 0 Å². The van der Waals surface area contributed by atoms with E-state index in [1.54, 1.807) is 0 Å². The summed E-state index contributed by atoms with van der Waals surface area (Å²) in [5, 5.41) is 3.87. The van der Waals surface area contributed by atoms with Gasteiger partial charge >= 0.3 is 0 Å². The topological polar surface area (TPSA) is 15.3 Å². The third kappa shape index (κ3) is 5.07. The minimum absolute atomic E-state index is 0.183. The summed E-state index contributed by atoms with van der Waals surface area (Å²) in [6, 6.07) is 19.3. The molecule has 2 aromatic rings. The molecule has 0 atom stereocenters. The van der Waals surface area contributed by atoms with E-state index in [1.807, 2.05) is 13.1 Å². The summed E-state index contributed by atoms with van der Waals surface area (Å²) in [5.74, 6) is 0. The lowest BCUT2D eigenvalue weighted by molar-refractivity contribution is 0.402. The van der Waals surface area contributed by atoms with Gasteiger partial charge in [-0.3, -0.25) is 0 Å². The van der Waals surface area contributed by atoms with Crippen molar-refractivity contribution in [2.45, 2.75) is 39.3 Å². The summed E-state index contributed by atoms with van der Waals surface area (Å²) >= 11 is 5.47. The van der Waals surface area contributed by atoms with Crippen LogP contribution in [0.4, 0.5) is 0 Å². The lowest BCUT2D eigenvalue weighted by atomic mass is 9.87. The van der Waals surface area contributed by atoms with Crippen LogP contribution in [-0.2, 0) is 18.5 Å². The first kappa shape index (κ1) is 17.5. The first-order chi connectivity index (χ1) is 10.9.